The molecule has 6 nitrogen and oxygen atoms in total. The Kier molecular flexibility index (Phi) is 5.51. The van der Waals surface area contributed by atoms with Crippen LogP contribution in [0.2, 0.25) is 0 Å². The minimum atomic E-state index is -0.665. The molecule has 0 radical (unpaired) electrons. The monoisotopic (exact) mass is 315 g/mol. The number of benzene rings is 1. The van der Waals surface area contributed by atoms with Gasteiger partial charge in [-0.2, -0.15) is 5.10 Å². The molecule has 0 saturated carbocycles. The third-order valence-electron chi connectivity index (χ3n) is 3.40. The zero-order valence-electron chi connectivity index (χ0n) is 13.6. The van der Waals surface area contributed by atoms with Crippen molar-refractivity contribution in [2.75, 3.05) is 13.2 Å². The van der Waals surface area contributed by atoms with Gasteiger partial charge < -0.3 is 10.1 Å². The van der Waals surface area contributed by atoms with Gasteiger partial charge in [0.1, 0.15) is 18.4 Å². The number of aryl methyl sites for hydroxylation is 2. The Morgan fingerprint density at radius 2 is 1.91 bits per heavy atom. The Morgan fingerprint density at radius 3 is 2.61 bits per heavy atom. The molecule has 1 heterocycles. The molecule has 2 rings (SSSR count). The number of hydrogen-bond donors (Lipinski definition) is 1. The van der Waals surface area contributed by atoms with Crippen LogP contribution in [0.25, 0.3) is 0 Å². The first-order valence-corrected chi connectivity index (χ1v) is 7.51. The fraction of sp³-hybridized carbons (Fsp3) is 0.353. The molecule has 0 saturated heterocycles. The molecule has 1 aromatic heterocycles. The summed E-state index contributed by atoms with van der Waals surface area (Å²) in [6.45, 7) is 6.14. The number of nitrogens with one attached hydrogen (secondary N) is 1. The van der Waals surface area contributed by atoms with Gasteiger partial charge in [0.2, 0.25) is 5.91 Å². The highest BCUT2D eigenvalue weighted by atomic mass is 16.5. The maximum absolute atomic E-state index is 12.1. The maximum atomic E-state index is 12.1. The molecule has 2 aromatic rings. The molecule has 1 N–H and O–H groups in total. The number of nitrogens with zero attached hydrogens (tertiary/aromatic N) is 2. The third-order valence-corrected chi connectivity index (χ3v) is 3.40. The number of hydrogen-bond acceptors (Lipinski definition) is 4. The highest BCUT2D eigenvalue weighted by molar-refractivity contribution is 5.79. The van der Waals surface area contributed by atoms with Crippen molar-refractivity contribution in [3.63, 3.8) is 0 Å². The van der Waals surface area contributed by atoms with E-state index in [0.29, 0.717) is 18.8 Å². The lowest BCUT2D eigenvalue weighted by Crippen LogP contribution is -2.38. The largest absolute Gasteiger partial charge is 0.492 e. The smallest absolute Gasteiger partial charge is 0.267 e. The van der Waals surface area contributed by atoms with Crippen LogP contribution >= 0.6 is 0 Å². The quantitative estimate of drug-likeness (QED) is 0.822. The van der Waals surface area contributed by atoms with E-state index in [-0.39, 0.29) is 11.5 Å². The lowest BCUT2D eigenvalue weighted by molar-refractivity contribution is -0.124. The number of carbonyl (C=O) groups excluding carboxylic acids is 1. The second-order valence-corrected chi connectivity index (χ2v) is 5.39. The number of carbonyl (C=O) groups is 1. The van der Waals surface area contributed by atoms with Crippen LogP contribution in [0.1, 0.15) is 24.2 Å². The summed E-state index contributed by atoms with van der Waals surface area (Å²) in [6.07, 6.45) is 0. The molecule has 1 unspecified atom stereocenters. The average molecular weight is 315 g/mol. The second kappa shape index (κ2) is 7.58. The van der Waals surface area contributed by atoms with Crippen LogP contribution in [0.3, 0.4) is 0 Å². The van der Waals surface area contributed by atoms with E-state index in [1.54, 1.807) is 19.9 Å². The summed E-state index contributed by atoms with van der Waals surface area (Å²) in [5.74, 6) is 0.493. The highest BCUT2D eigenvalue weighted by Crippen LogP contribution is 2.10. The van der Waals surface area contributed by atoms with Crippen LogP contribution in [-0.2, 0) is 4.79 Å². The van der Waals surface area contributed by atoms with E-state index in [1.165, 1.54) is 10.7 Å². The summed E-state index contributed by atoms with van der Waals surface area (Å²) in [7, 11) is 0. The molecule has 0 aliphatic heterocycles. The molecule has 0 fully saturated rings. The summed E-state index contributed by atoms with van der Waals surface area (Å²) in [6, 6.07) is 10.1. The van der Waals surface area contributed by atoms with Crippen molar-refractivity contribution in [3.05, 3.63) is 58.0 Å². The number of ether oxygens (including phenoxy) is 1. The summed E-state index contributed by atoms with van der Waals surface area (Å²) < 4.78 is 6.73. The van der Waals surface area contributed by atoms with Gasteiger partial charge in [-0.05, 0) is 39.0 Å². The molecule has 1 atom stereocenters. The maximum Gasteiger partial charge on any atom is 0.267 e. The molecule has 0 bridgehead atoms. The van der Waals surface area contributed by atoms with Gasteiger partial charge in [-0.1, -0.05) is 17.7 Å². The zero-order chi connectivity index (χ0) is 16.8. The van der Waals surface area contributed by atoms with Crippen LogP contribution < -0.4 is 15.6 Å². The van der Waals surface area contributed by atoms with E-state index in [2.05, 4.69) is 10.4 Å². The number of amides is 1. The van der Waals surface area contributed by atoms with E-state index >= 15 is 0 Å². The van der Waals surface area contributed by atoms with Crippen LogP contribution in [0.5, 0.6) is 5.75 Å². The Balaban J connectivity index is 1.83. The van der Waals surface area contributed by atoms with E-state index in [0.717, 1.165) is 11.3 Å². The fourth-order valence-electron chi connectivity index (χ4n) is 2.03. The molecular weight excluding hydrogens is 294 g/mol. The number of rotatable bonds is 6. The van der Waals surface area contributed by atoms with Crippen molar-refractivity contribution in [2.45, 2.75) is 26.8 Å². The predicted octanol–water partition coefficient (Wildman–Crippen LogP) is 1.62. The SMILES string of the molecule is Cc1ccc(OCCNC(=O)C(C)n2nc(C)ccc2=O)cc1. The lowest BCUT2D eigenvalue weighted by Gasteiger charge is -2.14. The molecule has 122 valence electrons. The van der Waals surface area contributed by atoms with Crippen molar-refractivity contribution in [1.82, 2.24) is 15.1 Å². The predicted molar refractivity (Wildman–Crippen MR) is 87.6 cm³/mol. The van der Waals surface area contributed by atoms with Gasteiger partial charge in [0, 0.05) is 6.07 Å². The van der Waals surface area contributed by atoms with Crippen LogP contribution in [0.15, 0.2) is 41.2 Å². The van der Waals surface area contributed by atoms with Crippen molar-refractivity contribution >= 4 is 5.91 Å². The molecule has 23 heavy (non-hydrogen) atoms. The summed E-state index contributed by atoms with van der Waals surface area (Å²) in [4.78, 5) is 23.9. The van der Waals surface area contributed by atoms with Crippen LogP contribution in [0.4, 0.5) is 0 Å². The molecule has 6 heteroatoms. The molecule has 1 amide bonds. The van der Waals surface area contributed by atoms with Crippen molar-refractivity contribution in [2.24, 2.45) is 0 Å². The molecule has 1 aromatic carbocycles. The van der Waals surface area contributed by atoms with Gasteiger partial charge in [-0.15, -0.1) is 0 Å². The fourth-order valence-corrected chi connectivity index (χ4v) is 2.03. The standard InChI is InChI=1S/C17H21N3O3/c1-12-4-7-15(8-5-12)23-11-10-18-17(22)14(3)20-16(21)9-6-13(2)19-20/h4-9,14H,10-11H2,1-3H3,(H,18,22). The van der Waals surface area contributed by atoms with E-state index in [4.69, 9.17) is 4.74 Å². The Morgan fingerprint density at radius 1 is 1.22 bits per heavy atom. The topological polar surface area (TPSA) is 73.2 Å². The summed E-state index contributed by atoms with van der Waals surface area (Å²) >= 11 is 0. The molecule has 0 aliphatic rings. The summed E-state index contributed by atoms with van der Waals surface area (Å²) in [5, 5.41) is 6.84. The third kappa shape index (κ3) is 4.67. The molecule has 0 spiro atoms. The van der Waals surface area contributed by atoms with Gasteiger partial charge in [-0.3, -0.25) is 9.59 Å². The minimum Gasteiger partial charge on any atom is -0.492 e. The van der Waals surface area contributed by atoms with Crippen molar-refractivity contribution in [3.8, 4) is 5.75 Å². The van der Waals surface area contributed by atoms with E-state index in [9.17, 15) is 9.59 Å². The number of aromatic nitrogens is 2. The van der Waals surface area contributed by atoms with E-state index < -0.39 is 6.04 Å². The second-order valence-electron chi connectivity index (χ2n) is 5.39. The Hall–Kier alpha value is -2.63. The lowest BCUT2D eigenvalue weighted by atomic mass is 10.2. The van der Waals surface area contributed by atoms with Gasteiger partial charge in [0.25, 0.3) is 5.56 Å². The Labute approximate surface area is 135 Å². The normalized spacial score (nSPS) is 11.8. The average Bonchev–Trinajstić information content (AvgIpc) is 2.54. The zero-order valence-corrected chi connectivity index (χ0v) is 13.6. The van der Waals surface area contributed by atoms with Crippen molar-refractivity contribution in [1.29, 1.82) is 0 Å². The first-order valence-electron chi connectivity index (χ1n) is 7.51. The molecular formula is C17H21N3O3. The minimum absolute atomic E-state index is 0.266. The van der Waals surface area contributed by atoms with Gasteiger partial charge >= 0.3 is 0 Å². The van der Waals surface area contributed by atoms with Gasteiger partial charge in [-0.25, -0.2) is 4.68 Å². The molecule has 0 aliphatic carbocycles. The van der Waals surface area contributed by atoms with Crippen LogP contribution in [0, 0.1) is 13.8 Å². The summed E-state index contributed by atoms with van der Waals surface area (Å²) in [5.41, 5.74) is 1.55. The first kappa shape index (κ1) is 16.7. The van der Waals surface area contributed by atoms with Gasteiger partial charge in [0.05, 0.1) is 12.2 Å². The van der Waals surface area contributed by atoms with E-state index in [1.807, 2.05) is 31.2 Å². The first-order chi connectivity index (χ1) is 11.0. The van der Waals surface area contributed by atoms with Crippen LogP contribution in [-0.4, -0.2) is 28.8 Å². The van der Waals surface area contributed by atoms with Crippen molar-refractivity contribution < 1.29 is 9.53 Å². The van der Waals surface area contributed by atoms with Gasteiger partial charge in [0.15, 0.2) is 0 Å². The highest BCUT2D eigenvalue weighted by Gasteiger charge is 2.16. The Bertz CT molecular complexity index is 723.